The Balaban J connectivity index is 1.67. The molecule has 1 aliphatic heterocycles. The molecule has 0 spiro atoms. The number of halogens is 1. The fourth-order valence-corrected chi connectivity index (χ4v) is 4.46. The van der Waals surface area contributed by atoms with Crippen LogP contribution in [0.2, 0.25) is 0 Å². The summed E-state index contributed by atoms with van der Waals surface area (Å²) < 4.78 is 11.2. The second kappa shape index (κ2) is 13.3. The highest BCUT2D eigenvalue weighted by Gasteiger charge is 2.62. The second-order valence-electron chi connectivity index (χ2n) is 9.02. The molecule has 0 aromatic rings. The number of nitrogens with zero attached hydrogens (tertiary/aromatic N) is 1. The summed E-state index contributed by atoms with van der Waals surface area (Å²) in [6, 6.07) is 0. The maximum absolute atomic E-state index is 12.4. The molecule has 4 atom stereocenters. The number of allylic oxidation sites excluding steroid dienone is 2. The quantitative estimate of drug-likeness (QED) is 0.180. The maximum Gasteiger partial charge on any atom is 0.222 e. The van der Waals surface area contributed by atoms with Crippen molar-refractivity contribution in [2.75, 3.05) is 20.7 Å². The van der Waals surface area contributed by atoms with E-state index < -0.39 is 5.60 Å². The van der Waals surface area contributed by atoms with Crippen LogP contribution in [0.15, 0.2) is 35.4 Å². The van der Waals surface area contributed by atoms with Gasteiger partial charge in [-0.1, -0.05) is 81.9 Å². The van der Waals surface area contributed by atoms with E-state index in [1.165, 1.54) is 32.1 Å². The highest BCUT2D eigenvalue weighted by Crippen LogP contribution is 2.46. The number of Topliss-reactive ketones (excluding diaryl/α,β-unsaturated/α-hetero) is 1. The van der Waals surface area contributed by atoms with Gasteiger partial charge in [-0.25, -0.2) is 0 Å². The summed E-state index contributed by atoms with van der Waals surface area (Å²) in [5.74, 6) is -0.133. The molecule has 1 fully saturated rings. The smallest absolute Gasteiger partial charge is 0.222 e. The number of ether oxygens (including phenoxy) is 2. The first-order chi connectivity index (χ1) is 15.3. The average Bonchev–Trinajstić information content (AvgIpc) is 3.48. The van der Waals surface area contributed by atoms with Gasteiger partial charge in [0.2, 0.25) is 5.91 Å². The maximum atomic E-state index is 12.4. The van der Waals surface area contributed by atoms with Gasteiger partial charge in [0.1, 0.15) is 6.10 Å². The molecular weight excluding hydrogens is 426 g/mol. The summed E-state index contributed by atoms with van der Waals surface area (Å²) in [6.45, 7) is 4.36. The van der Waals surface area contributed by atoms with Gasteiger partial charge in [0.25, 0.3) is 0 Å². The molecule has 1 heterocycles. The fourth-order valence-electron chi connectivity index (χ4n) is 4.12. The molecular formula is C26H40ClNO4. The lowest BCUT2D eigenvalue weighted by Crippen LogP contribution is -2.33. The van der Waals surface area contributed by atoms with E-state index in [1.54, 1.807) is 25.1 Å². The molecule has 5 nitrogen and oxygen atoms in total. The van der Waals surface area contributed by atoms with Crippen LogP contribution in [0.5, 0.6) is 0 Å². The van der Waals surface area contributed by atoms with Gasteiger partial charge in [0.05, 0.1) is 12.6 Å². The number of hydrogen-bond donors (Lipinski definition) is 0. The molecule has 0 radical (unpaired) electrons. The van der Waals surface area contributed by atoms with Gasteiger partial charge >= 0.3 is 0 Å². The van der Waals surface area contributed by atoms with E-state index >= 15 is 0 Å². The Hall–Kier alpha value is -1.43. The lowest BCUT2D eigenvalue weighted by Gasteiger charge is -2.18. The number of hydrogen-bond acceptors (Lipinski definition) is 4. The molecule has 2 aliphatic rings. The molecule has 180 valence electrons. The van der Waals surface area contributed by atoms with Crippen molar-refractivity contribution in [1.29, 1.82) is 0 Å². The van der Waals surface area contributed by atoms with Crippen LogP contribution in [0, 0.1) is 5.92 Å². The van der Waals surface area contributed by atoms with Crippen molar-refractivity contribution < 1.29 is 19.1 Å². The van der Waals surface area contributed by atoms with Crippen molar-refractivity contribution >= 4 is 23.3 Å². The molecule has 0 aromatic carbocycles. The first-order valence-corrected chi connectivity index (χ1v) is 12.4. The Kier molecular flexibility index (Phi) is 11.2. The third kappa shape index (κ3) is 7.86. The number of unbranched alkanes of at least 4 members (excludes halogenated alkanes) is 4. The van der Waals surface area contributed by atoms with Gasteiger partial charge in [-0.3, -0.25) is 9.59 Å². The van der Waals surface area contributed by atoms with Gasteiger partial charge in [-0.2, -0.15) is 0 Å². The first kappa shape index (κ1) is 26.8. The van der Waals surface area contributed by atoms with Crippen molar-refractivity contribution in [3.63, 3.8) is 0 Å². The normalized spacial score (nSPS) is 25.8. The monoisotopic (exact) mass is 465 g/mol. The average molecular weight is 466 g/mol. The molecule has 1 saturated heterocycles. The van der Waals surface area contributed by atoms with Gasteiger partial charge in [0.15, 0.2) is 11.4 Å². The number of carbonyl (C=O) groups is 2. The number of epoxide rings is 1. The van der Waals surface area contributed by atoms with Crippen molar-refractivity contribution in [3.05, 3.63) is 35.4 Å². The highest BCUT2D eigenvalue weighted by atomic mass is 35.5. The molecule has 0 aromatic heterocycles. The van der Waals surface area contributed by atoms with Gasteiger partial charge in [-0.05, 0) is 25.3 Å². The SMILES string of the molecule is CCCCCCC[C@H](C/C=C/CCC(=O)N(C)C/C(Cl)=C\[C@@]12O[C@@H]1C=C[C@H](C)C2=O)OC. The Morgan fingerprint density at radius 3 is 2.75 bits per heavy atom. The first-order valence-electron chi connectivity index (χ1n) is 12.0. The fraction of sp³-hybridized carbons (Fsp3) is 0.692. The zero-order valence-electron chi connectivity index (χ0n) is 20.1. The second-order valence-corrected chi connectivity index (χ2v) is 9.50. The summed E-state index contributed by atoms with van der Waals surface area (Å²) in [4.78, 5) is 26.5. The van der Waals surface area contributed by atoms with E-state index in [0.717, 1.165) is 12.8 Å². The van der Waals surface area contributed by atoms with Crippen LogP contribution in [0.3, 0.4) is 0 Å². The standard InChI is InChI=1S/C26H40ClNO4/c1-5-6-7-8-10-13-22(31-4)14-11-9-12-15-24(29)28(3)19-21(27)18-26-23(32-26)17-16-20(2)25(26)30/h9,11,16-18,20,22-23H,5-8,10,12-15,19H2,1-4H3/b11-9+,21-18+/t20-,22+,23+,26+/m0/s1. The number of rotatable bonds is 15. The topological polar surface area (TPSA) is 59.1 Å². The minimum absolute atomic E-state index is 0.0226. The van der Waals surface area contributed by atoms with Crippen LogP contribution in [0.25, 0.3) is 0 Å². The molecule has 0 bridgehead atoms. The number of likely N-dealkylation sites (N-methyl/N-ethyl adjacent to an activating group) is 1. The van der Waals surface area contributed by atoms with E-state index in [4.69, 9.17) is 21.1 Å². The number of methoxy groups -OCH3 is 1. The van der Waals surface area contributed by atoms with Crippen molar-refractivity contribution in [2.24, 2.45) is 5.92 Å². The molecule has 6 heteroatoms. The van der Waals surface area contributed by atoms with Crippen molar-refractivity contribution in [3.8, 4) is 0 Å². The van der Waals surface area contributed by atoms with Crippen LogP contribution >= 0.6 is 11.6 Å². The zero-order valence-corrected chi connectivity index (χ0v) is 20.9. The van der Waals surface area contributed by atoms with Crippen LogP contribution < -0.4 is 0 Å². The van der Waals surface area contributed by atoms with Crippen LogP contribution in [0.4, 0.5) is 0 Å². The Labute approximate surface area is 198 Å². The minimum Gasteiger partial charge on any atom is -0.381 e. The third-order valence-electron chi connectivity index (χ3n) is 6.30. The number of amides is 1. The molecule has 1 amide bonds. The zero-order chi connectivity index (χ0) is 23.6. The van der Waals surface area contributed by atoms with Gasteiger partial charge in [-0.15, -0.1) is 0 Å². The number of carbonyl (C=O) groups excluding carboxylic acids is 2. The summed E-state index contributed by atoms with van der Waals surface area (Å²) in [6.07, 6.45) is 19.1. The lowest BCUT2D eigenvalue weighted by atomic mass is 9.85. The van der Waals surface area contributed by atoms with Crippen molar-refractivity contribution in [2.45, 2.75) is 89.4 Å². The van der Waals surface area contributed by atoms with E-state index in [2.05, 4.69) is 19.1 Å². The Bertz CT molecular complexity index is 717. The minimum atomic E-state index is -0.925. The lowest BCUT2D eigenvalue weighted by molar-refractivity contribution is -0.129. The summed E-state index contributed by atoms with van der Waals surface area (Å²) in [7, 11) is 3.50. The third-order valence-corrected chi connectivity index (χ3v) is 6.53. The molecule has 32 heavy (non-hydrogen) atoms. The van der Waals surface area contributed by atoms with Crippen molar-refractivity contribution in [1.82, 2.24) is 4.90 Å². The molecule has 2 rings (SSSR count). The highest BCUT2D eigenvalue weighted by molar-refractivity contribution is 6.30. The Morgan fingerprint density at radius 1 is 1.28 bits per heavy atom. The molecule has 0 unspecified atom stereocenters. The van der Waals surface area contributed by atoms with E-state index in [-0.39, 0.29) is 36.4 Å². The largest absolute Gasteiger partial charge is 0.381 e. The van der Waals surface area contributed by atoms with E-state index in [9.17, 15) is 9.59 Å². The van der Waals surface area contributed by atoms with Crippen LogP contribution in [0.1, 0.15) is 71.6 Å². The van der Waals surface area contributed by atoms with Gasteiger partial charge < -0.3 is 14.4 Å². The van der Waals surface area contributed by atoms with E-state index in [0.29, 0.717) is 17.9 Å². The molecule has 1 aliphatic carbocycles. The number of fused-ring (bicyclic) bond motifs is 1. The predicted octanol–water partition coefficient (Wildman–Crippen LogP) is 5.58. The van der Waals surface area contributed by atoms with Crippen LogP contribution in [-0.2, 0) is 19.1 Å². The molecule has 0 saturated carbocycles. The number of ketones is 1. The Morgan fingerprint density at radius 2 is 2.03 bits per heavy atom. The summed E-state index contributed by atoms with van der Waals surface area (Å²) in [5, 5.41) is 0.455. The van der Waals surface area contributed by atoms with E-state index in [1.807, 2.05) is 19.1 Å². The molecule has 0 N–H and O–H groups in total. The summed E-state index contributed by atoms with van der Waals surface area (Å²) in [5.41, 5.74) is -0.925. The van der Waals surface area contributed by atoms with Crippen LogP contribution in [-0.4, -0.2) is 55.1 Å². The van der Waals surface area contributed by atoms with Gasteiger partial charge in [0, 0.05) is 31.5 Å². The summed E-state index contributed by atoms with van der Waals surface area (Å²) >= 11 is 6.37. The predicted molar refractivity (Wildman–Crippen MR) is 130 cm³/mol.